The molecule has 33 heavy (non-hydrogen) atoms. The molecule has 0 saturated heterocycles. The van der Waals surface area contributed by atoms with Gasteiger partial charge in [0.25, 0.3) is 0 Å². The quantitative estimate of drug-likeness (QED) is 0.492. The van der Waals surface area contributed by atoms with E-state index in [1.807, 2.05) is 71.9 Å². The Bertz CT molecular complexity index is 1190. The molecule has 1 N–H and O–H groups in total. The number of benzene rings is 2. The molecule has 0 unspecified atom stereocenters. The maximum absolute atomic E-state index is 13.0. The fourth-order valence-corrected chi connectivity index (χ4v) is 5.24. The van der Waals surface area contributed by atoms with E-state index in [1.54, 1.807) is 6.08 Å². The van der Waals surface area contributed by atoms with Crippen LogP contribution in [0.3, 0.4) is 0 Å². The van der Waals surface area contributed by atoms with Gasteiger partial charge in [-0.15, -0.1) is 0 Å². The van der Waals surface area contributed by atoms with Gasteiger partial charge in [0.15, 0.2) is 6.10 Å². The number of esters is 1. The molecule has 0 fully saturated rings. The molecule has 0 spiro atoms. The summed E-state index contributed by atoms with van der Waals surface area (Å²) in [6.07, 6.45) is 3.10. The molecule has 0 aliphatic carbocycles. The predicted molar refractivity (Wildman–Crippen MR) is 132 cm³/mol. The smallest absolute Gasteiger partial charge is 0.339 e. The summed E-state index contributed by atoms with van der Waals surface area (Å²) in [7, 11) is -2.25. The lowest BCUT2D eigenvalue weighted by atomic mass is 9.83. The van der Waals surface area contributed by atoms with Crippen molar-refractivity contribution in [1.82, 2.24) is 0 Å². The summed E-state index contributed by atoms with van der Waals surface area (Å²) in [6.45, 7) is 11.4. The zero-order valence-electron chi connectivity index (χ0n) is 20.4. The van der Waals surface area contributed by atoms with Gasteiger partial charge >= 0.3 is 5.97 Å². The third kappa shape index (κ3) is 5.47. The molecular formula is C26H33NO5S. The van der Waals surface area contributed by atoms with Gasteiger partial charge in [0.05, 0.1) is 24.2 Å². The molecule has 2 aromatic carbocycles. The van der Waals surface area contributed by atoms with Crippen molar-refractivity contribution in [3.05, 3.63) is 64.2 Å². The second-order valence-corrected chi connectivity index (χ2v) is 11.2. The number of aryl methyl sites for hydroxylation is 1. The average Bonchev–Trinajstić information content (AvgIpc) is 2.71. The molecule has 0 radical (unpaired) electrons. The average molecular weight is 472 g/mol. The highest BCUT2D eigenvalue weighted by atomic mass is 32.2. The van der Waals surface area contributed by atoms with E-state index in [1.165, 1.54) is 7.11 Å². The zero-order valence-corrected chi connectivity index (χ0v) is 21.2. The van der Waals surface area contributed by atoms with E-state index in [0.717, 1.165) is 27.8 Å². The molecule has 1 atom stereocenters. The van der Waals surface area contributed by atoms with E-state index < -0.39 is 27.7 Å². The number of fused-ring (bicyclic) bond motifs is 1. The number of rotatable bonds is 4. The molecule has 6 nitrogen and oxygen atoms in total. The molecule has 0 saturated carbocycles. The topological polar surface area (TPSA) is 81.7 Å². The molecule has 7 heteroatoms. The van der Waals surface area contributed by atoms with Gasteiger partial charge in [-0.2, -0.15) is 0 Å². The number of anilines is 1. The maximum atomic E-state index is 13.0. The summed E-state index contributed by atoms with van der Waals surface area (Å²) >= 11 is 0. The van der Waals surface area contributed by atoms with Crippen molar-refractivity contribution in [3.63, 3.8) is 0 Å². The van der Waals surface area contributed by atoms with Gasteiger partial charge < -0.3 is 9.47 Å². The highest BCUT2D eigenvalue weighted by molar-refractivity contribution is 7.92. The zero-order chi connectivity index (χ0) is 24.6. The molecule has 2 aromatic rings. The van der Waals surface area contributed by atoms with E-state index in [-0.39, 0.29) is 5.75 Å². The second kappa shape index (κ2) is 9.31. The Morgan fingerprint density at radius 1 is 1.03 bits per heavy atom. The first-order chi connectivity index (χ1) is 15.3. The summed E-state index contributed by atoms with van der Waals surface area (Å²) in [5, 5.41) is 0. The van der Waals surface area contributed by atoms with Crippen LogP contribution in [0, 0.1) is 20.8 Å². The Hall–Kier alpha value is -2.64. The Morgan fingerprint density at radius 3 is 2.24 bits per heavy atom. The summed E-state index contributed by atoms with van der Waals surface area (Å²) in [6, 6.07) is 8.07. The number of hydrogen-bond acceptors (Lipinski definition) is 5. The molecule has 1 aliphatic rings. The summed E-state index contributed by atoms with van der Waals surface area (Å²) in [5.41, 5.74) is 5.82. The number of allylic oxidation sites excluding steroid dienone is 1. The number of nitrogens with one attached hydrogen (secondary N) is 1. The third-order valence-corrected chi connectivity index (χ3v) is 6.88. The largest absolute Gasteiger partial charge is 0.467 e. The van der Waals surface area contributed by atoms with E-state index in [9.17, 15) is 13.2 Å². The Labute approximate surface area is 197 Å². The van der Waals surface area contributed by atoms with Crippen molar-refractivity contribution >= 4 is 21.7 Å². The Morgan fingerprint density at radius 2 is 1.67 bits per heavy atom. The van der Waals surface area contributed by atoms with Crippen molar-refractivity contribution < 1.29 is 22.7 Å². The van der Waals surface area contributed by atoms with E-state index >= 15 is 0 Å². The fraction of sp³-hybridized carbons (Fsp3) is 0.423. The minimum Gasteiger partial charge on any atom is -0.467 e. The number of hydrogen-bond donors (Lipinski definition) is 1. The first-order valence-corrected chi connectivity index (χ1v) is 12.6. The maximum Gasteiger partial charge on any atom is 0.339 e. The minimum atomic E-state index is -3.58. The van der Waals surface area contributed by atoms with Gasteiger partial charge in [0.2, 0.25) is 10.0 Å². The fourth-order valence-electron chi connectivity index (χ4n) is 4.18. The van der Waals surface area contributed by atoms with E-state index in [2.05, 4.69) is 4.72 Å². The highest BCUT2D eigenvalue weighted by Gasteiger charge is 2.35. The van der Waals surface area contributed by atoms with Crippen molar-refractivity contribution in [2.24, 2.45) is 0 Å². The van der Waals surface area contributed by atoms with Gasteiger partial charge in [-0.3, -0.25) is 4.72 Å². The van der Waals surface area contributed by atoms with Gasteiger partial charge in [0.1, 0.15) is 0 Å². The molecule has 0 amide bonds. The number of carbonyl (C=O) groups excluding carboxylic acids is 1. The summed E-state index contributed by atoms with van der Waals surface area (Å²) < 4.78 is 39.4. The third-order valence-electron chi connectivity index (χ3n) is 5.73. The van der Waals surface area contributed by atoms with Gasteiger partial charge in [-0.1, -0.05) is 42.0 Å². The molecular weight excluding hydrogens is 438 g/mol. The van der Waals surface area contributed by atoms with Crippen LogP contribution < -0.4 is 4.72 Å². The predicted octanol–water partition coefficient (Wildman–Crippen LogP) is 5.16. The molecule has 1 heterocycles. The van der Waals surface area contributed by atoms with E-state index in [0.29, 0.717) is 23.2 Å². The van der Waals surface area contributed by atoms with Gasteiger partial charge in [-0.05, 0) is 75.8 Å². The van der Waals surface area contributed by atoms with Gasteiger partial charge in [-0.25, -0.2) is 13.2 Å². The van der Waals surface area contributed by atoms with Crippen LogP contribution in [0.4, 0.5) is 5.69 Å². The van der Waals surface area contributed by atoms with Crippen LogP contribution in [0.5, 0.6) is 0 Å². The lowest BCUT2D eigenvalue weighted by molar-refractivity contribution is -0.164. The van der Waals surface area contributed by atoms with Crippen molar-refractivity contribution in [3.8, 4) is 11.1 Å². The Balaban J connectivity index is 2.44. The van der Waals surface area contributed by atoms with Crippen LogP contribution in [0.2, 0.25) is 0 Å². The standard InChI is InChI=1S/C26H33NO5S/c1-16-11-13-19(14-12-16)21-17(2)20-10-8-9-15-33(29,30)27-23(20)18(3)22(21)24(25(28)31-7)32-26(4,5)6/h8-9,11-14,24,27H,10,15H2,1-7H3/b9-8-/t24-/m0/s1. The molecule has 0 bridgehead atoms. The van der Waals surface area contributed by atoms with Crippen LogP contribution in [0.1, 0.15) is 54.7 Å². The lowest BCUT2D eigenvalue weighted by Crippen LogP contribution is -2.30. The summed E-state index contributed by atoms with van der Waals surface area (Å²) in [5.74, 6) is -0.631. The van der Waals surface area contributed by atoms with Crippen LogP contribution in [-0.2, 0) is 30.7 Å². The molecule has 0 aromatic heterocycles. The van der Waals surface area contributed by atoms with E-state index in [4.69, 9.17) is 9.47 Å². The number of ether oxygens (including phenoxy) is 2. The summed E-state index contributed by atoms with van der Waals surface area (Å²) in [4.78, 5) is 13.0. The van der Waals surface area contributed by atoms with Crippen LogP contribution in [-0.4, -0.2) is 32.9 Å². The van der Waals surface area contributed by atoms with Crippen LogP contribution in [0.25, 0.3) is 11.1 Å². The lowest BCUT2D eigenvalue weighted by Gasteiger charge is -2.32. The van der Waals surface area contributed by atoms with Gasteiger partial charge in [0, 0.05) is 5.56 Å². The van der Waals surface area contributed by atoms with Crippen molar-refractivity contribution in [2.45, 2.75) is 59.7 Å². The molecule has 178 valence electrons. The van der Waals surface area contributed by atoms with Crippen LogP contribution >= 0.6 is 0 Å². The normalized spacial score (nSPS) is 17.2. The molecule has 1 aliphatic heterocycles. The molecule has 3 rings (SSSR count). The first-order valence-electron chi connectivity index (χ1n) is 11.0. The second-order valence-electron chi connectivity index (χ2n) is 9.45. The first kappa shape index (κ1) is 25.0. The van der Waals surface area contributed by atoms with Crippen LogP contribution in [0.15, 0.2) is 36.4 Å². The number of sulfonamides is 1. The number of methoxy groups -OCH3 is 1. The Kier molecular flexibility index (Phi) is 7.05. The van der Waals surface area contributed by atoms with Crippen molar-refractivity contribution in [1.29, 1.82) is 0 Å². The number of carbonyl (C=O) groups is 1. The highest BCUT2D eigenvalue weighted by Crippen LogP contribution is 2.44. The monoisotopic (exact) mass is 471 g/mol. The van der Waals surface area contributed by atoms with Crippen molar-refractivity contribution in [2.75, 3.05) is 17.6 Å². The SMILES string of the molecule is COC(=O)[C@@H](OC(C)(C)C)c1c(C)c2c(c(C)c1-c1ccc(C)cc1)C/C=C\CS(=O)(=O)N2. The minimum absolute atomic E-state index is 0.0983.